The Morgan fingerprint density at radius 1 is 1.15 bits per heavy atom. The third kappa shape index (κ3) is 3.48. The summed E-state index contributed by atoms with van der Waals surface area (Å²) in [6.07, 6.45) is 0.773. The number of hydrogen-bond acceptors (Lipinski definition) is 4. The molecule has 0 atom stereocenters. The number of nitrogens with one attached hydrogen (secondary N) is 1. The Balaban J connectivity index is 2.34. The number of nitrogens with zero attached hydrogens (tertiary/aromatic N) is 2. The highest BCUT2D eigenvalue weighted by atomic mass is 79.9. The van der Waals surface area contributed by atoms with Crippen LogP contribution in [0, 0.1) is 6.92 Å². The number of halogens is 1. The highest BCUT2D eigenvalue weighted by Crippen LogP contribution is 2.28. The van der Waals surface area contributed by atoms with Crippen LogP contribution in [0.4, 0.5) is 5.82 Å². The Bertz CT molecular complexity index is 584. The average molecular weight is 336 g/mol. The zero-order chi connectivity index (χ0) is 14.5. The van der Waals surface area contributed by atoms with Gasteiger partial charge in [-0.25, -0.2) is 4.98 Å². The topological polar surface area (TPSA) is 47.0 Å². The Morgan fingerprint density at radius 3 is 2.45 bits per heavy atom. The van der Waals surface area contributed by atoms with Gasteiger partial charge in [-0.1, -0.05) is 22.9 Å². The molecule has 0 spiro atoms. The minimum Gasteiger partial charge on any atom is -0.439 e. The first-order chi connectivity index (χ1) is 9.63. The van der Waals surface area contributed by atoms with Crippen LogP contribution in [0.25, 0.3) is 0 Å². The zero-order valence-electron chi connectivity index (χ0n) is 11.9. The van der Waals surface area contributed by atoms with E-state index in [0.29, 0.717) is 5.88 Å². The van der Waals surface area contributed by atoms with Crippen molar-refractivity contribution >= 4 is 21.7 Å². The van der Waals surface area contributed by atoms with Crippen LogP contribution >= 0.6 is 15.9 Å². The average Bonchev–Trinajstić information content (AvgIpc) is 2.45. The molecule has 0 saturated heterocycles. The molecular formula is C15H18BrN3O. The maximum Gasteiger partial charge on any atom is 0.227 e. The first-order valence-corrected chi connectivity index (χ1v) is 7.48. The molecule has 1 heterocycles. The van der Waals surface area contributed by atoms with E-state index in [1.165, 1.54) is 0 Å². The number of benzene rings is 1. The van der Waals surface area contributed by atoms with Gasteiger partial charge in [-0.2, -0.15) is 4.98 Å². The Kier molecular flexibility index (Phi) is 4.95. The van der Waals surface area contributed by atoms with Crippen molar-refractivity contribution in [2.75, 3.05) is 11.9 Å². The van der Waals surface area contributed by atoms with Crippen LogP contribution in [0.15, 0.2) is 28.7 Å². The van der Waals surface area contributed by atoms with Crippen LogP contribution in [0.5, 0.6) is 11.6 Å². The van der Waals surface area contributed by atoms with Gasteiger partial charge in [-0.3, -0.25) is 0 Å². The molecule has 4 nitrogen and oxygen atoms in total. The van der Waals surface area contributed by atoms with Crippen molar-refractivity contribution in [2.45, 2.75) is 27.2 Å². The van der Waals surface area contributed by atoms with E-state index in [2.05, 4.69) is 31.2 Å². The van der Waals surface area contributed by atoms with Crippen LogP contribution < -0.4 is 10.1 Å². The van der Waals surface area contributed by atoms with Gasteiger partial charge in [0.15, 0.2) is 0 Å². The molecular weight excluding hydrogens is 318 g/mol. The molecule has 5 heteroatoms. The smallest absolute Gasteiger partial charge is 0.227 e. The van der Waals surface area contributed by atoms with E-state index in [-0.39, 0.29) is 0 Å². The second kappa shape index (κ2) is 6.70. The van der Waals surface area contributed by atoms with E-state index in [0.717, 1.165) is 40.4 Å². The zero-order valence-corrected chi connectivity index (χ0v) is 13.5. The third-order valence-corrected chi connectivity index (χ3v) is 3.36. The molecule has 0 saturated carbocycles. The standard InChI is InChI=1S/C15H18BrN3O/c1-4-13-18-14(17-5-2)10(3)15(19-13)20-12-8-6-11(16)7-9-12/h6-9H,4-5H2,1-3H3,(H,17,18,19). The molecule has 1 aromatic heterocycles. The molecule has 0 aliphatic heterocycles. The maximum absolute atomic E-state index is 5.88. The van der Waals surface area contributed by atoms with E-state index in [9.17, 15) is 0 Å². The number of aromatic nitrogens is 2. The minimum atomic E-state index is 0.607. The minimum absolute atomic E-state index is 0.607. The Hall–Kier alpha value is -1.62. The van der Waals surface area contributed by atoms with Gasteiger partial charge in [-0.15, -0.1) is 0 Å². The summed E-state index contributed by atoms with van der Waals surface area (Å²) < 4.78 is 6.90. The number of ether oxygens (including phenoxy) is 1. The summed E-state index contributed by atoms with van der Waals surface area (Å²) in [6.45, 7) is 6.86. The molecule has 0 bridgehead atoms. The predicted molar refractivity (Wildman–Crippen MR) is 84.5 cm³/mol. The van der Waals surface area contributed by atoms with Gasteiger partial charge in [0.05, 0.1) is 5.56 Å². The highest BCUT2D eigenvalue weighted by Gasteiger charge is 2.11. The molecule has 20 heavy (non-hydrogen) atoms. The van der Waals surface area contributed by atoms with Crippen LogP contribution in [0.1, 0.15) is 25.2 Å². The summed E-state index contributed by atoms with van der Waals surface area (Å²) in [4.78, 5) is 8.95. The van der Waals surface area contributed by atoms with Crippen LogP contribution in [-0.4, -0.2) is 16.5 Å². The number of anilines is 1. The van der Waals surface area contributed by atoms with E-state index in [4.69, 9.17) is 4.74 Å². The van der Waals surface area contributed by atoms with E-state index >= 15 is 0 Å². The van der Waals surface area contributed by atoms with Crippen molar-refractivity contribution < 1.29 is 4.74 Å². The number of aryl methyl sites for hydroxylation is 1. The van der Waals surface area contributed by atoms with Crippen molar-refractivity contribution in [3.05, 3.63) is 40.1 Å². The van der Waals surface area contributed by atoms with Crippen LogP contribution in [-0.2, 0) is 6.42 Å². The summed E-state index contributed by atoms with van der Waals surface area (Å²) in [6, 6.07) is 7.70. The highest BCUT2D eigenvalue weighted by molar-refractivity contribution is 9.10. The van der Waals surface area contributed by atoms with E-state index in [1.807, 2.05) is 45.0 Å². The van der Waals surface area contributed by atoms with Crippen molar-refractivity contribution in [1.82, 2.24) is 9.97 Å². The largest absolute Gasteiger partial charge is 0.439 e. The maximum atomic E-state index is 5.88. The van der Waals surface area contributed by atoms with Crippen LogP contribution in [0.2, 0.25) is 0 Å². The third-order valence-electron chi connectivity index (χ3n) is 2.84. The number of hydrogen-bond donors (Lipinski definition) is 1. The molecule has 0 aliphatic rings. The Labute approximate surface area is 127 Å². The summed E-state index contributed by atoms with van der Waals surface area (Å²) in [5.41, 5.74) is 0.923. The van der Waals surface area contributed by atoms with Gasteiger partial charge in [-0.05, 0) is 38.1 Å². The normalized spacial score (nSPS) is 10.4. The fourth-order valence-electron chi connectivity index (χ4n) is 1.75. The Morgan fingerprint density at radius 2 is 1.85 bits per heavy atom. The second-order valence-electron chi connectivity index (χ2n) is 4.36. The van der Waals surface area contributed by atoms with Gasteiger partial charge >= 0.3 is 0 Å². The lowest BCUT2D eigenvalue weighted by atomic mass is 10.3. The molecule has 0 amide bonds. The van der Waals surface area contributed by atoms with Crippen molar-refractivity contribution in [2.24, 2.45) is 0 Å². The molecule has 1 aromatic carbocycles. The molecule has 106 valence electrons. The van der Waals surface area contributed by atoms with Crippen molar-refractivity contribution in [1.29, 1.82) is 0 Å². The van der Waals surface area contributed by atoms with Gasteiger partial charge in [0.2, 0.25) is 5.88 Å². The van der Waals surface area contributed by atoms with E-state index in [1.54, 1.807) is 0 Å². The fraction of sp³-hybridized carbons (Fsp3) is 0.333. The summed E-state index contributed by atoms with van der Waals surface area (Å²) in [5.74, 6) is 2.99. The lowest BCUT2D eigenvalue weighted by molar-refractivity contribution is 0.455. The molecule has 0 radical (unpaired) electrons. The SMILES string of the molecule is CCNc1nc(CC)nc(Oc2ccc(Br)cc2)c1C. The first kappa shape index (κ1) is 14.8. The summed E-state index contributed by atoms with van der Waals surface area (Å²) >= 11 is 3.41. The van der Waals surface area contributed by atoms with Gasteiger partial charge < -0.3 is 10.1 Å². The van der Waals surface area contributed by atoms with Crippen LogP contribution in [0.3, 0.4) is 0 Å². The number of rotatable bonds is 5. The summed E-state index contributed by atoms with van der Waals surface area (Å²) in [5, 5.41) is 3.25. The van der Waals surface area contributed by atoms with Gasteiger partial charge in [0.25, 0.3) is 0 Å². The second-order valence-corrected chi connectivity index (χ2v) is 5.27. The molecule has 0 unspecified atom stereocenters. The van der Waals surface area contributed by atoms with Crippen molar-refractivity contribution in [3.63, 3.8) is 0 Å². The lowest BCUT2D eigenvalue weighted by Crippen LogP contribution is -2.07. The first-order valence-electron chi connectivity index (χ1n) is 6.68. The lowest BCUT2D eigenvalue weighted by Gasteiger charge is -2.13. The van der Waals surface area contributed by atoms with Gasteiger partial charge in [0.1, 0.15) is 17.4 Å². The van der Waals surface area contributed by atoms with Gasteiger partial charge in [0, 0.05) is 17.4 Å². The molecule has 2 rings (SSSR count). The molecule has 2 aromatic rings. The van der Waals surface area contributed by atoms with Crippen molar-refractivity contribution in [3.8, 4) is 11.6 Å². The monoisotopic (exact) mass is 335 g/mol. The van der Waals surface area contributed by atoms with E-state index < -0.39 is 0 Å². The predicted octanol–water partition coefficient (Wildman–Crippen LogP) is 4.33. The summed E-state index contributed by atoms with van der Waals surface area (Å²) in [7, 11) is 0. The molecule has 0 fully saturated rings. The molecule has 0 aliphatic carbocycles. The molecule has 1 N–H and O–H groups in total. The quantitative estimate of drug-likeness (QED) is 0.883. The fourth-order valence-corrected chi connectivity index (χ4v) is 2.02.